The summed E-state index contributed by atoms with van der Waals surface area (Å²) in [6.45, 7) is 2.48. The molecule has 1 saturated heterocycles. The molecule has 3 heteroatoms. The summed E-state index contributed by atoms with van der Waals surface area (Å²) in [7, 11) is 0. The predicted molar refractivity (Wildman–Crippen MR) is 50.3 cm³/mol. The highest BCUT2D eigenvalue weighted by Gasteiger charge is 2.12. The lowest BCUT2D eigenvalue weighted by atomic mass is 10.1. The number of hydrogen-bond donors (Lipinski definition) is 1. The van der Waals surface area contributed by atoms with Gasteiger partial charge in [0.2, 0.25) is 5.78 Å². The first-order valence-electron chi connectivity index (χ1n) is 4.64. The van der Waals surface area contributed by atoms with Crippen molar-refractivity contribution in [3.8, 4) is 12.3 Å². The van der Waals surface area contributed by atoms with Gasteiger partial charge in [-0.2, -0.15) is 0 Å². The fourth-order valence-corrected chi connectivity index (χ4v) is 1.35. The second-order valence-electron chi connectivity index (χ2n) is 3.14. The van der Waals surface area contributed by atoms with E-state index in [4.69, 9.17) is 11.2 Å². The molecule has 0 radical (unpaired) electrons. The highest BCUT2D eigenvalue weighted by atomic mass is 16.5. The molecule has 0 aromatic carbocycles. The Hall–Kier alpha value is -0.850. The lowest BCUT2D eigenvalue weighted by molar-refractivity contribution is -0.115. The van der Waals surface area contributed by atoms with Crippen LogP contribution in [-0.2, 0) is 9.53 Å². The van der Waals surface area contributed by atoms with Crippen LogP contribution >= 0.6 is 0 Å². The molecule has 1 aliphatic heterocycles. The summed E-state index contributed by atoms with van der Waals surface area (Å²) >= 11 is 0. The van der Waals surface area contributed by atoms with E-state index in [0.717, 1.165) is 25.9 Å². The van der Waals surface area contributed by atoms with E-state index in [-0.39, 0.29) is 5.78 Å². The Morgan fingerprint density at radius 1 is 1.54 bits per heavy atom. The van der Waals surface area contributed by atoms with Crippen LogP contribution < -0.4 is 5.32 Å². The van der Waals surface area contributed by atoms with E-state index in [0.29, 0.717) is 19.1 Å². The van der Waals surface area contributed by atoms with Gasteiger partial charge < -0.3 is 10.1 Å². The highest BCUT2D eigenvalue weighted by molar-refractivity contribution is 5.94. The van der Waals surface area contributed by atoms with E-state index in [1.807, 2.05) is 0 Å². The topological polar surface area (TPSA) is 38.3 Å². The Bertz CT molecular complexity index is 201. The van der Waals surface area contributed by atoms with Crippen molar-refractivity contribution in [3.63, 3.8) is 0 Å². The number of hydrogen-bond acceptors (Lipinski definition) is 3. The molecule has 0 unspecified atom stereocenters. The van der Waals surface area contributed by atoms with Crippen molar-refractivity contribution in [2.24, 2.45) is 0 Å². The molecule has 0 atom stereocenters. The van der Waals surface area contributed by atoms with Gasteiger partial charge in [-0.3, -0.25) is 4.79 Å². The Morgan fingerprint density at radius 3 is 2.85 bits per heavy atom. The second-order valence-corrected chi connectivity index (χ2v) is 3.14. The minimum absolute atomic E-state index is 0.172. The normalized spacial score (nSPS) is 18.1. The molecule has 0 aromatic heterocycles. The van der Waals surface area contributed by atoms with Gasteiger partial charge in [-0.05, 0) is 31.9 Å². The summed E-state index contributed by atoms with van der Waals surface area (Å²) < 4.78 is 5.50. The standard InChI is InChI=1S/C10H15NO2/c1-2-9(12)5-8-13-10-3-6-11-7-4-10/h1,10-11H,3-8H2. The number of ketones is 1. The Morgan fingerprint density at radius 2 is 2.23 bits per heavy atom. The smallest absolute Gasteiger partial charge is 0.207 e. The molecule has 72 valence electrons. The second kappa shape index (κ2) is 5.74. The van der Waals surface area contributed by atoms with Gasteiger partial charge in [-0.1, -0.05) is 0 Å². The molecule has 0 saturated carbocycles. The fourth-order valence-electron chi connectivity index (χ4n) is 1.35. The average molecular weight is 181 g/mol. The third-order valence-electron chi connectivity index (χ3n) is 2.13. The summed E-state index contributed by atoms with van der Waals surface area (Å²) in [5, 5.41) is 3.25. The monoisotopic (exact) mass is 181 g/mol. The number of nitrogens with one attached hydrogen (secondary N) is 1. The van der Waals surface area contributed by atoms with Crippen LogP contribution in [0.15, 0.2) is 0 Å². The summed E-state index contributed by atoms with van der Waals surface area (Å²) in [4.78, 5) is 10.7. The van der Waals surface area contributed by atoms with Crippen molar-refractivity contribution in [2.75, 3.05) is 19.7 Å². The first kappa shape index (κ1) is 10.2. The molecule has 1 fully saturated rings. The van der Waals surface area contributed by atoms with Crippen molar-refractivity contribution in [3.05, 3.63) is 0 Å². The summed E-state index contributed by atoms with van der Waals surface area (Å²) in [5.41, 5.74) is 0. The number of ether oxygens (including phenoxy) is 1. The molecule has 3 nitrogen and oxygen atoms in total. The van der Waals surface area contributed by atoms with Gasteiger partial charge in [0.05, 0.1) is 12.7 Å². The molecule has 0 aromatic rings. The molecule has 0 aliphatic carbocycles. The van der Waals surface area contributed by atoms with Crippen LogP contribution in [0.2, 0.25) is 0 Å². The van der Waals surface area contributed by atoms with E-state index >= 15 is 0 Å². The molecule has 1 heterocycles. The first-order chi connectivity index (χ1) is 6.33. The highest BCUT2D eigenvalue weighted by Crippen LogP contribution is 2.07. The molecular formula is C10H15NO2. The van der Waals surface area contributed by atoms with E-state index < -0.39 is 0 Å². The summed E-state index contributed by atoms with van der Waals surface area (Å²) in [6.07, 6.45) is 7.65. The van der Waals surface area contributed by atoms with E-state index in [2.05, 4.69) is 11.2 Å². The molecule has 0 bridgehead atoms. The van der Waals surface area contributed by atoms with Gasteiger partial charge in [-0.25, -0.2) is 0 Å². The maximum Gasteiger partial charge on any atom is 0.207 e. The Balaban J connectivity index is 2.05. The van der Waals surface area contributed by atoms with Crippen LogP contribution in [0, 0.1) is 12.3 Å². The van der Waals surface area contributed by atoms with E-state index in [1.165, 1.54) is 0 Å². The number of Topliss-reactive ketones (excluding diaryl/α,β-unsaturated/α-hetero) is 1. The quantitative estimate of drug-likeness (QED) is 0.502. The van der Waals surface area contributed by atoms with Crippen LogP contribution in [0.5, 0.6) is 0 Å². The lowest BCUT2D eigenvalue weighted by Crippen LogP contribution is -2.32. The third kappa shape index (κ3) is 4.07. The minimum Gasteiger partial charge on any atom is -0.378 e. The van der Waals surface area contributed by atoms with Crippen molar-refractivity contribution >= 4 is 5.78 Å². The number of carbonyl (C=O) groups excluding carboxylic acids is 1. The van der Waals surface area contributed by atoms with E-state index in [9.17, 15) is 4.79 Å². The average Bonchev–Trinajstić information content (AvgIpc) is 2.19. The van der Waals surface area contributed by atoms with Crippen LogP contribution in [-0.4, -0.2) is 31.6 Å². The molecule has 0 amide bonds. The fraction of sp³-hybridized carbons (Fsp3) is 0.700. The number of rotatable bonds is 4. The summed E-state index contributed by atoms with van der Waals surface area (Å²) in [5.74, 6) is 1.90. The van der Waals surface area contributed by atoms with Crippen LogP contribution in [0.1, 0.15) is 19.3 Å². The number of terminal acetylenes is 1. The first-order valence-corrected chi connectivity index (χ1v) is 4.64. The SMILES string of the molecule is C#CC(=O)CCOC1CCNCC1. The van der Waals surface area contributed by atoms with Gasteiger partial charge in [0.15, 0.2) is 0 Å². The molecule has 1 aliphatic rings. The van der Waals surface area contributed by atoms with Gasteiger partial charge >= 0.3 is 0 Å². The zero-order chi connectivity index (χ0) is 9.52. The molecule has 1 rings (SSSR count). The number of piperidine rings is 1. The molecule has 1 N–H and O–H groups in total. The van der Waals surface area contributed by atoms with Crippen LogP contribution in [0.3, 0.4) is 0 Å². The predicted octanol–water partition coefficient (Wildman–Crippen LogP) is 0.347. The molecule has 0 spiro atoms. The zero-order valence-corrected chi connectivity index (χ0v) is 7.71. The zero-order valence-electron chi connectivity index (χ0n) is 7.71. The van der Waals surface area contributed by atoms with Gasteiger partial charge in [0.25, 0.3) is 0 Å². The number of carbonyl (C=O) groups is 1. The van der Waals surface area contributed by atoms with Crippen LogP contribution in [0.25, 0.3) is 0 Å². The van der Waals surface area contributed by atoms with Crippen molar-refractivity contribution in [1.29, 1.82) is 0 Å². The van der Waals surface area contributed by atoms with Gasteiger partial charge in [0, 0.05) is 6.42 Å². The van der Waals surface area contributed by atoms with Crippen molar-refractivity contribution in [2.45, 2.75) is 25.4 Å². The van der Waals surface area contributed by atoms with Gasteiger partial charge in [0.1, 0.15) is 0 Å². The van der Waals surface area contributed by atoms with Crippen molar-refractivity contribution in [1.82, 2.24) is 5.32 Å². The minimum atomic E-state index is -0.172. The Kier molecular flexibility index (Phi) is 4.52. The Labute approximate surface area is 78.8 Å². The molecule has 13 heavy (non-hydrogen) atoms. The van der Waals surface area contributed by atoms with Crippen LogP contribution in [0.4, 0.5) is 0 Å². The van der Waals surface area contributed by atoms with Crippen molar-refractivity contribution < 1.29 is 9.53 Å². The maximum absolute atomic E-state index is 10.7. The largest absolute Gasteiger partial charge is 0.378 e. The molecular weight excluding hydrogens is 166 g/mol. The van der Waals surface area contributed by atoms with E-state index in [1.54, 1.807) is 0 Å². The third-order valence-corrected chi connectivity index (χ3v) is 2.13. The summed E-state index contributed by atoms with van der Waals surface area (Å²) in [6, 6.07) is 0. The maximum atomic E-state index is 10.7. The lowest BCUT2D eigenvalue weighted by Gasteiger charge is -2.22. The van der Waals surface area contributed by atoms with Gasteiger partial charge in [-0.15, -0.1) is 6.42 Å².